The monoisotopic (exact) mass is 374 g/mol. The first-order chi connectivity index (χ1) is 11.1. The van der Waals surface area contributed by atoms with Gasteiger partial charge in [0.05, 0.1) is 11.9 Å². The van der Waals surface area contributed by atoms with Crippen LogP contribution >= 0.6 is 24.2 Å². The van der Waals surface area contributed by atoms with Gasteiger partial charge in [-0.3, -0.25) is 4.79 Å². The number of thioether (sulfide) groups is 1. The number of carbonyl (C=O) groups is 1. The van der Waals surface area contributed by atoms with Crippen molar-refractivity contribution in [1.29, 1.82) is 0 Å². The van der Waals surface area contributed by atoms with Gasteiger partial charge in [-0.25, -0.2) is 9.97 Å². The SMILES string of the molecule is Cc1cc(C)nc(SCC(=O)N2CCC(OCCCN)CC2)n1.Cl. The predicted octanol–water partition coefficient (Wildman–Crippen LogP) is 1.96. The third-order valence-corrected chi connectivity index (χ3v) is 4.62. The Bertz CT molecular complexity index is 505. The quantitative estimate of drug-likeness (QED) is 0.446. The first-order valence-electron chi connectivity index (χ1n) is 8.13. The molecule has 0 saturated carbocycles. The molecular weight excluding hydrogens is 348 g/mol. The fourth-order valence-electron chi connectivity index (χ4n) is 2.58. The van der Waals surface area contributed by atoms with Crippen molar-refractivity contribution in [2.45, 2.75) is 44.4 Å². The zero-order valence-corrected chi connectivity index (χ0v) is 16.0. The van der Waals surface area contributed by atoms with Gasteiger partial charge < -0.3 is 15.4 Å². The Hall–Kier alpha value is -0.890. The minimum atomic E-state index is 0. The van der Waals surface area contributed by atoms with E-state index in [1.807, 2.05) is 24.8 Å². The molecule has 6 nitrogen and oxygen atoms in total. The van der Waals surface area contributed by atoms with E-state index in [-0.39, 0.29) is 24.4 Å². The maximum atomic E-state index is 12.3. The summed E-state index contributed by atoms with van der Waals surface area (Å²) in [6.45, 7) is 6.79. The highest BCUT2D eigenvalue weighted by molar-refractivity contribution is 7.99. The maximum Gasteiger partial charge on any atom is 0.233 e. The van der Waals surface area contributed by atoms with Crippen LogP contribution in [0.3, 0.4) is 0 Å². The summed E-state index contributed by atoms with van der Waals surface area (Å²) >= 11 is 1.41. The Kier molecular flexibility index (Phi) is 9.58. The molecule has 1 aromatic rings. The first kappa shape index (κ1) is 21.2. The number of hydrogen-bond acceptors (Lipinski definition) is 6. The standard InChI is InChI=1S/C16H26N4O2S.ClH/c1-12-10-13(2)19-16(18-12)23-11-15(21)20-7-4-14(5-8-20)22-9-3-6-17;/h10,14H,3-9,11,17H2,1-2H3;1H. The summed E-state index contributed by atoms with van der Waals surface area (Å²) in [5, 5.41) is 0.677. The molecule has 8 heteroatoms. The number of carbonyl (C=O) groups excluding carboxylic acids is 1. The second-order valence-electron chi connectivity index (χ2n) is 5.82. The van der Waals surface area contributed by atoms with Crippen LogP contribution in [0.2, 0.25) is 0 Å². The molecule has 1 aliphatic rings. The van der Waals surface area contributed by atoms with Crippen molar-refractivity contribution in [2.75, 3.05) is 32.0 Å². The first-order valence-corrected chi connectivity index (χ1v) is 9.11. The van der Waals surface area contributed by atoms with Crippen LogP contribution in [0.5, 0.6) is 0 Å². The molecule has 0 aliphatic carbocycles. The van der Waals surface area contributed by atoms with Gasteiger partial charge in [0, 0.05) is 31.1 Å². The summed E-state index contributed by atoms with van der Waals surface area (Å²) in [5.41, 5.74) is 7.33. The summed E-state index contributed by atoms with van der Waals surface area (Å²) in [5.74, 6) is 0.542. The number of rotatable bonds is 7. The minimum absolute atomic E-state index is 0. The molecule has 1 fully saturated rings. The van der Waals surface area contributed by atoms with Crippen LogP contribution in [0.25, 0.3) is 0 Å². The molecule has 1 aromatic heterocycles. The number of piperidine rings is 1. The average Bonchev–Trinajstić information content (AvgIpc) is 2.53. The molecule has 2 heterocycles. The lowest BCUT2D eigenvalue weighted by Crippen LogP contribution is -2.41. The molecule has 1 aliphatic heterocycles. The van der Waals surface area contributed by atoms with Crippen LogP contribution in [0.1, 0.15) is 30.7 Å². The molecule has 0 radical (unpaired) electrons. The van der Waals surface area contributed by atoms with E-state index in [0.717, 1.165) is 50.3 Å². The molecular formula is C16H27ClN4O2S. The second-order valence-corrected chi connectivity index (χ2v) is 6.76. The van der Waals surface area contributed by atoms with Gasteiger partial charge in [-0.2, -0.15) is 0 Å². The van der Waals surface area contributed by atoms with Crippen molar-refractivity contribution in [3.63, 3.8) is 0 Å². The molecule has 0 aromatic carbocycles. The largest absolute Gasteiger partial charge is 0.378 e. The Morgan fingerprint density at radius 2 is 1.96 bits per heavy atom. The molecule has 0 unspecified atom stereocenters. The highest BCUT2D eigenvalue weighted by atomic mass is 35.5. The van der Waals surface area contributed by atoms with Gasteiger partial charge >= 0.3 is 0 Å². The lowest BCUT2D eigenvalue weighted by Gasteiger charge is -2.31. The zero-order chi connectivity index (χ0) is 16.7. The number of nitrogens with two attached hydrogens (primary N) is 1. The van der Waals surface area contributed by atoms with Crippen molar-refractivity contribution >= 4 is 30.1 Å². The summed E-state index contributed by atoms with van der Waals surface area (Å²) in [6, 6.07) is 1.93. The van der Waals surface area contributed by atoms with Crippen molar-refractivity contribution in [2.24, 2.45) is 5.73 Å². The number of nitrogens with zero attached hydrogens (tertiary/aromatic N) is 3. The number of aromatic nitrogens is 2. The minimum Gasteiger partial charge on any atom is -0.378 e. The molecule has 0 atom stereocenters. The normalized spacial score (nSPS) is 15.2. The molecule has 136 valence electrons. The second kappa shape index (κ2) is 10.9. The maximum absolute atomic E-state index is 12.3. The number of amides is 1. The van der Waals surface area contributed by atoms with Gasteiger partial charge in [-0.1, -0.05) is 11.8 Å². The van der Waals surface area contributed by atoms with Crippen LogP contribution < -0.4 is 5.73 Å². The van der Waals surface area contributed by atoms with Crippen LogP contribution in [-0.4, -0.2) is 58.9 Å². The molecule has 0 bridgehead atoms. The summed E-state index contributed by atoms with van der Waals surface area (Å²) < 4.78 is 5.76. The molecule has 1 amide bonds. The summed E-state index contributed by atoms with van der Waals surface area (Å²) in [7, 11) is 0. The topological polar surface area (TPSA) is 81.3 Å². The molecule has 0 spiro atoms. The molecule has 1 saturated heterocycles. The zero-order valence-electron chi connectivity index (χ0n) is 14.4. The van der Waals surface area contributed by atoms with Gasteiger partial charge in [0.25, 0.3) is 0 Å². The number of likely N-dealkylation sites (tertiary alicyclic amines) is 1. The van der Waals surface area contributed by atoms with Gasteiger partial charge in [-0.05, 0) is 45.7 Å². The summed E-state index contributed by atoms with van der Waals surface area (Å²) in [4.78, 5) is 22.9. The summed E-state index contributed by atoms with van der Waals surface area (Å²) in [6.07, 6.45) is 2.97. The van der Waals surface area contributed by atoms with Crippen molar-refractivity contribution in [1.82, 2.24) is 14.9 Å². The lowest BCUT2D eigenvalue weighted by molar-refractivity contribution is -0.130. The fraction of sp³-hybridized carbons (Fsp3) is 0.688. The van der Waals surface area contributed by atoms with Gasteiger partial charge in [0.15, 0.2) is 5.16 Å². The number of aryl methyl sites for hydroxylation is 2. The van der Waals surface area contributed by atoms with E-state index in [0.29, 0.717) is 17.5 Å². The van der Waals surface area contributed by atoms with Crippen molar-refractivity contribution in [3.8, 4) is 0 Å². The van der Waals surface area contributed by atoms with E-state index in [4.69, 9.17) is 10.5 Å². The smallest absolute Gasteiger partial charge is 0.233 e. The number of ether oxygens (including phenoxy) is 1. The third kappa shape index (κ3) is 6.93. The van der Waals surface area contributed by atoms with E-state index in [9.17, 15) is 4.79 Å². The van der Waals surface area contributed by atoms with Crippen LogP contribution in [-0.2, 0) is 9.53 Å². The van der Waals surface area contributed by atoms with Crippen LogP contribution in [0.4, 0.5) is 0 Å². The Morgan fingerprint density at radius 3 is 2.54 bits per heavy atom. The third-order valence-electron chi connectivity index (χ3n) is 3.78. The van der Waals surface area contributed by atoms with E-state index in [1.54, 1.807) is 0 Å². The number of hydrogen-bond donors (Lipinski definition) is 1. The van der Waals surface area contributed by atoms with E-state index in [2.05, 4.69) is 9.97 Å². The van der Waals surface area contributed by atoms with E-state index < -0.39 is 0 Å². The molecule has 24 heavy (non-hydrogen) atoms. The van der Waals surface area contributed by atoms with Gasteiger partial charge in [0.1, 0.15) is 0 Å². The predicted molar refractivity (Wildman–Crippen MR) is 98.7 cm³/mol. The lowest BCUT2D eigenvalue weighted by atomic mass is 10.1. The van der Waals surface area contributed by atoms with E-state index >= 15 is 0 Å². The van der Waals surface area contributed by atoms with E-state index in [1.165, 1.54) is 11.8 Å². The van der Waals surface area contributed by atoms with Gasteiger partial charge in [0.2, 0.25) is 5.91 Å². The number of halogens is 1. The van der Waals surface area contributed by atoms with Crippen molar-refractivity contribution < 1.29 is 9.53 Å². The Labute approximate surface area is 154 Å². The Morgan fingerprint density at radius 1 is 1.33 bits per heavy atom. The van der Waals surface area contributed by atoms with Gasteiger partial charge in [-0.15, -0.1) is 12.4 Å². The Balaban J connectivity index is 0.00000288. The average molecular weight is 375 g/mol. The van der Waals surface area contributed by atoms with Crippen molar-refractivity contribution in [3.05, 3.63) is 17.5 Å². The molecule has 2 N–H and O–H groups in total. The fourth-order valence-corrected chi connectivity index (χ4v) is 3.43. The highest BCUT2D eigenvalue weighted by Gasteiger charge is 2.23. The van der Waals surface area contributed by atoms with Crippen LogP contribution in [0.15, 0.2) is 11.2 Å². The molecule has 2 rings (SSSR count). The highest BCUT2D eigenvalue weighted by Crippen LogP contribution is 2.18. The van der Waals surface area contributed by atoms with Crippen LogP contribution in [0, 0.1) is 13.8 Å².